The van der Waals surface area contributed by atoms with Gasteiger partial charge in [-0.1, -0.05) is 34.1 Å². The van der Waals surface area contributed by atoms with Gasteiger partial charge < -0.3 is 5.11 Å². The average molecular weight is 248 g/mol. The van der Waals surface area contributed by atoms with E-state index in [1.807, 2.05) is 27.7 Å². The van der Waals surface area contributed by atoms with E-state index in [9.17, 15) is 9.59 Å². The molecule has 4 heteroatoms. The maximum Gasteiger partial charge on any atom is 0.316 e. The molecule has 1 fully saturated rings. The van der Waals surface area contributed by atoms with Gasteiger partial charge in [0.1, 0.15) is 11.0 Å². The van der Waals surface area contributed by atoms with Gasteiger partial charge in [-0.05, 0) is 19.8 Å². The first-order valence-corrected chi connectivity index (χ1v) is 6.94. The van der Waals surface area contributed by atoms with Crippen LogP contribution in [0, 0.1) is 0 Å². The molecule has 1 aliphatic heterocycles. The molecule has 16 heavy (non-hydrogen) atoms. The lowest BCUT2D eigenvalue weighted by molar-refractivity contribution is -0.136. The Morgan fingerprint density at radius 2 is 1.50 bits per heavy atom. The third-order valence-corrected chi connectivity index (χ3v) is 3.65. The first-order valence-electron chi connectivity index (χ1n) is 6.00. The second-order valence-electron chi connectivity index (χ2n) is 2.99. The number of hydrogen-bond donors (Lipinski definition) is 1. The van der Waals surface area contributed by atoms with Gasteiger partial charge in [0.25, 0.3) is 0 Å². The molecule has 96 valence electrons. The molecule has 3 nitrogen and oxygen atoms in total. The second kappa shape index (κ2) is 11.0. The summed E-state index contributed by atoms with van der Waals surface area (Å²) in [6.45, 7) is 9.53. The van der Waals surface area contributed by atoms with Gasteiger partial charge in [0.05, 0.1) is 5.25 Å². The van der Waals surface area contributed by atoms with E-state index >= 15 is 0 Å². The molecule has 1 saturated heterocycles. The van der Waals surface area contributed by atoms with Crippen molar-refractivity contribution in [1.82, 2.24) is 0 Å². The van der Waals surface area contributed by atoms with E-state index in [1.54, 1.807) is 0 Å². The Balaban J connectivity index is 0. The van der Waals surface area contributed by atoms with Gasteiger partial charge in [-0.15, -0.1) is 11.8 Å². The molecule has 1 heterocycles. The Morgan fingerprint density at radius 1 is 1.06 bits per heavy atom. The number of thioether (sulfide) groups is 1. The number of carbonyl (C=O) groups is 2. The predicted molar refractivity (Wildman–Crippen MR) is 70.0 cm³/mol. The summed E-state index contributed by atoms with van der Waals surface area (Å²) in [5, 5.41) is 8.25. The first kappa shape index (κ1) is 17.9. The summed E-state index contributed by atoms with van der Waals surface area (Å²) in [6.07, 6.45) is 2.39. The summed E-state index contributed by atoms with van der Waals surface area (Å²) in [4.78, 5) is 21.5. The van der Waals surface area contributed by atoms with E-state index in [0.29, 0.717) is 6.42 Å². The lowest BCUT2D eigenvalue weighted by atomic mass is 10.1. The van der Waals surface area contributed by atoms with Crippen LogP contribution in [0.3, 0.4) is 0 Å². The van der Waals surface area contributed by atoms with Gasteiger partial charge in [-0.2, -0.15) is 0 Å². The van der Waals surface area contributed by atoms with Crippen molar-refractivity contribution in [2.24, 2.45) is 0 Å². The van der Waals surface area contributed by atoms with Crippen molar-refractivity contribution < 1.29 is 14.7 Å². The summed E-state index contributed by atoms with van der Waals surface area (Å²) in [7, 11) is 0. The number of carbonyl (C=O) groups excluding carboxylic acids is 1. The molecule has 0 saturated carbocycles. The van der Waals surface area contributed by atoms with Crippen molar-refractivity contribution in [1.29, 1.82) is 0 Å². The molecule has 0 radical (unpaired) electrons. The van der Waals surface area contributed by atoms with Gasteiger partial charge in [-0.25, -0.2) is 0 Å². The summed E-state index contributed by atoms with van der Waals surface area (Å²) < 4.78 is 0. The van der Waals surface area contributed by atoms with Crippen LogP contribution in [-0.4, -0.2) is 27.4 Å². The lowest BCUT2D eigenvalue weighted by Gasteiger charge is -2.23. The number of ketones is 1. The topological polar surface area (TPSA) is 54.4 Å². The Kier molecular flexibility index (Phi) is 12.3. The van der Waals surface area contributed by atoms with Crippen LogP contribution in [-0.2, 0) is 9.59 Å². The van der Waals surface area contributed by atoms with Crippen LogP contribution in [0.15, 0.2) is 0 Å². The minimum atomic E-state index is -0.786. The quantitative estimate of drug-likeness (QED) is 0.814. The highest BCUT2D eigenvalue weighted by Gasteiger charge is 2.29. The fourth-order valence-corrected chi connectivity index (χ4v) is 2.61. The number of hydrogen-bond acceptors (Lipinski definition) is 3. The average Bonchev–Trinajstić information content (AvgIpc) is 2.34. The van der Waals surface area contributed by atoms with Crippen molar-refractivity contribution in [3.63, 3.8) is 0 Å². The molecular weight excluding hydrogens is 224 g/mol. The van der Waals surface area contributed by atoms with E-state index in [4.69, 9.17) is 5.11 Å². The van der Waals surface area contributed by atoms with Gasteiger partial charge >= 0.3 is 5.97 Å². The van der Waals surface area contributed by atoms with Crippen molar-refractivity contribution in [3.8, 4) is 0 Å². The molecule has 1 aliphatic rings. The van der Waals surface area contributed by atoms with Gasteiger partial charge in [0.15, 0.2) is 0 Å². The van der Waals surface area contributed by atoms with Crippen LogP contribution in [0.25, 0.3) is 0 Å². The van der Waals surface area contributed by atoms with Crippen LogP contribution in [0.4, 0.5) is 0 Å². The third-order valence-electron chi connectivity index (χ3n) is 1.99. The van der Waals surface area contributed by atoms with Crippen molar-refractivity contribution in [2.75, 3.05) is 0 Å². The zero-order chi connectivity index (χ0) is 13.1. The number of carboxylic acid groups (broad SMARTS) is 1. The largest absolute Gasteiger partial charge is 0.480 e. The number of carboxylic acids is 1. The zero-order valence-corrected chi connectivity index (χ0v) is 11.8. The van der Waals surface area contributed by atoms with E-state index in [0.717, 1.165) is 12.8 Å². The molecular formula is C12H24O3S. The van der Waals surface area contributed by atoms with Gasteiger partial charge in [-0.3, -0.25) is 9.59 Å². The minimum Gasteiger partial charge on any atom is -0.480 e. The zero-order valence-electron chi connectivity index (χ0n) is 10.9. The van der Waals surface area contributed by atoms with E-state index in [-0.39, 0.29) is 16.3 Å². The smallest absolute Gasteiger partial charge is 0.316 e. The van der Waals surface area contributed by atoms with Crippen LogP contribution in [0.5, 0.6) is 0 Å². The molecule has 0 spiro atoms. The fraction of sp³-hybridized carbons (Fsp3) is 0.833. The van der Waals surface area contributed by atoms with Crippen LogP contribution < -0.4 is 0 Å². The van der Waals surface area contributed by atoms with Gasteiger partial charge in [0.2, 0.25) is 0 Å². The summed E-state index contributed by atoms with van der Waals surface area (Å²) in [5.74, 6) is -0.683. The van der Waals surface area contributed by atoms with Crippen LogP contribution in [0.1, 0.15) is 53.9 Å². The molecule has 1 N–H and O–H groups in total. The fourth-order valence-electron chi connectivity index (χ4n) is 1.30. The van der Waals surface area contributed by atoms with E-state index in [2.05, 4.69) is 0 Å². The Hall–Kier alpha value is -0.510. The highest BCUT2D eigenvalue weighted by Crippen LogP contribution is 2.32. The van der Waals surface area contributed by atoms with E-state index < -0.39 is 5.97 Å². The summed E-state index contributed by atoms with van der Waals surface area (Å²) in [6, 6.07) is 0. The molecule has 0 aromatic rings. The summed E-state index contributed by atoms with van der Waals surface area (Å²) in [5.41, 5.74) is 0. The number of Topliss-reactive ketones (excluding diaryl/α,β-unsaturated/α-hetero) is 1. The highest BCUT2D eigenvalue weighted by atomic mass is 32.2. The normalized spacial score (nSPS) is 23.1. The third kappa shape index (κ3) is 6.88. The van der Waals surface area contributed by atoms with Crippen molar-refractivity contribution in [2.45, 2.75) is 64.4 Å². The molecule has 2 unspecified atom stereocenters. The maximum atomic E-state index is 11.0. The van der Waals surface area contributed by atoms with Crippen LogP contribution in [0.2, 0.25) is 0 Å². The molecule has 2 atom stereocenters. The second-order valence-corrected chi connectivity index (χ2v) is 4.40. The molecule has 0 bridgehead atoms. The molecule has 0 aliphatic carbocycles. The van der Waals surface area contributed by atoms with E-state index in [1.165, 1.54) is 18.7 Å². The minimum absolute atomic E-state index is 0.0835. The number of rotatable bonds is 2. The SMILES string of the molecule is CC.CC.CC(=O)C1CCCC(C(=O)O)S1. The first-order chi connectivity index (χ1) is 7.61. The van der Waals surface area contributed by atoms with Crippen molar-refractivity contribution in [3.05, 3.63) is 0 Å². The Morgan fingerprint density at radius 3 is 1.88 bits per heavy atom. The number of aliphatic carboxylic acids is 1. The molecule has 0 aromatic heterocycles. The lowest BCUT2D eigenvalue weighted by Crippen LogP contribution is -2.28. The van der Waals surface area contributed by atoms with Crippen LogP contribution >= 0.6 is 11.8 Å². The Labute approximate surface area is 103 Å². The van der Waals surface area contributed by atoms with Gasteiger partial charge in [0, 0.05) is 0 Å². The maximum absolute atomic E-state index is 11.0. The standard InChI is InChI=1S/C8H12O3S.2C2H6/c1-5(9)6-3-2-4-7(12-6)8(10)11;2*1-2/h6-7H,2-4H2,1H3,(H,10,11);2*1-2H3. The van der Waals surface area contributed by atoms with Crippen molar-refractivity contribution >= 4 is 23.5 Å². The molecule has 0 aromatic carbocycles. The summed E-state index contributed by atoms with van der Waals surface area (Å²) >= 11 is 1.30. The predicted octanol–water partition coefficient (Wildman–Crippen LogP) is 3.37. The highest BCUT2D eigenvalue weighted by molar-refractivity contribution is 8.01. The molecule has 0 amide bonds. The molecule has 1 rings (SSSR count). The Bertz CT molecular complexity index is 184. The monoisotopic (exact) mass is 248 g/mol.